The zero-order valence-electron chi connectivity index (χ0n) is 10.7. The third kappa shape index (κ3) is 2.19. The maximum Gasteiger partial charge on any atom is 0.310 e. The topological polar surface area (TPSA) is 37.3 Å². The predicted octanol–water partition coefficient (Wildman–Crippen LogP) is 3.70. The first-order valence-corrected chi connectivity index (χ1v) is 5.84. The van der Waals surface area contributed by atoms with Crippen molar-refractivity contribution in [1.29, 1.82) is 0 Å². The molecule has 0 aliphatic heterocycles. The average molecular weight is 212 g/mol. The van der Waals surface area contributed by atoms with Gasteiger partial charge in [0.05, 0.1) is 5.41 Å². The monoisotopic (exact) mass is 212 g/mol. The van der Waals surface area contributed by atoms with Crippen LogP contribution in [0, 0.1) is 16.2 Å². The molecule has 2 nitrogen and oxygen atoms in total. The van der Waals surface area contributed by atoms with Crippen LogP contribution in [0.3, 0.4) is 0 Å². The Labute approximate surface area is 93.1 Å². The predicted molar refractivity (Wildman–Crippen MR) is 61.8 cm³/mol. The molecule has 0 heterocycles. The highest BCUT2D eigenvalue weighted by molar-refractivity contribution is 5.75. The fourth-order valence-corrected chi connectivity index (χ4v) is 2.64. The second-order valence-electron chi connectivity index (χ2n) is 6.80. The Bertz CT molecular complexity index is 248. The van der Waals surface area contributed by atoms with Crippen LogP contribution in [0.15, 0.2) is 0 Å². The first-order chi connectivity index (χ1) is 6.61. The quantitative estimate of drug-likeness (QED) is 0.719. The second-order valence-corrected chi connectivity index (χ2v) is 6.80. The minimum atomic E-state index is -0.606. The number of carbonyl (C=O) groups is 1. The highest BCUT2D eigenvalue weighted by atomic mass is 16.4. The van der Waals surface area contributed by atoms with Gasteiger partial charge in [0.25, 0.3) is 0 Å². The minimum absolute atomic E-state index is 0.144. The van der Waals surface area contributed by atoms with E-state index in [9.17, 15) is 9.90 Å². The van der Waals surface area contributed by atoms with Gasteiger partial charge in [-0.2, -0.15) is 0 Å². The lowest BCUT2D eigenvalue weighted by atomic mass is 9.55. The third-order valence-corrected chi connectivity index (χ3v) is 4.30. The molecule has 0 aromatic carbocycles. The van der Waals surface area contributed by atoms with E-state index in [1.54, 1.807) is 0 Å². The molecule has 0 radical (unpaired) electrons. The van der Waals surface area contributed by atoms with Crippen LogP contribution in [0.2, 0.25) is 0 Å². The van der Waals surface area contributed by atoms with Crippen LogP contribution < -0.4 is 0 Å². The Kier molecular flexibility index (Phi) is 2.92. The molecule has 1 aliphatic rings. The fourth-order valence-electron chi connectivity index (χ4n) is 2.64. The molecule has 0 amide bonds. The normalized spacial score (nSPS) is 24.9. The van der Waals surface area contributed by atoms with Gasteiger partial charge in [0.15, 0.2) is 0 Å². The van der Waals surface area contributed by atoms with E-state index in [2.05, 4.69) is 34.6 Å². The van der Waals surface area contributed by atoms with Crippen molar-refractivity contribution in [1.82, 2.24) is 0 Å². The first-order valence-electron chi connectivity index (χ1n) is 5.84. The number of hydrogen-bond acceptors (Lipinski definition) is 1. The van der Waals surface area contributed by atoms with E-state index < -0.39 is 11.4 Å². The molecule has 1 N–H and O–H groups in total. The molecular formula is C13H24O2. The van der Waals surface area contributed by atoms with Crippen LogP contribution in [0.25, 0.3) is 0 Å². The maximum absolute atomic E-state index is 11.5. The average Bonchev–Trinajstić information content (AvgIpc) is 2.01. The van der Waals surface area contributed by atoms with E-state index in [1.165, 1.54) is 0 Å². The standard InChI is InChI=1S/C13H24O2/c1-11(2,3)13(10(14)15)8-6-12(4,5)7-9-13/h6-9H2,1-5H3,(H,14,15). The summed E-state index contributed by atoms with van der Waals surface area (Å²) in [4.78, 5) is 11.5. The highest BCUT2D eigenvalue weighted by Crippen LogP contribution is 2.53. The van der Waals surface area contributed by atoms with Gasteiger partial charge in [-0.15, -0.1) is 0 Å². The van der Waals surface area contributed by atoms with Gasteiger partial charge in [-0.05, 0) is 36.5 Å². The van der Waals surface area contributed by atoms with E-state index in [0.717, 1.165) is 25.7 Å². The van der Waals surface area contributed by atoms with E-state index in [4.69, 9.17) is 0 Å². The first kappa shape index (κ1) is 12.5. The third-order valence-electron chi connectivity index (χ3n) is 4.30. The SMILES string of the molecule is CC1(C)CCC(C(=O)O)(C(C)(C)C)CC1. The Morgan fingerprint density at radius 1 is 1.07 bits per heavy atom. The van der Waals surface area contributed by atoms with Gasteiger partial charge < -0.3 is 5.11 Å². The smallest absolute Gasteiger partial charge is 0.310 e. The number of carboxylic acids is 1. The second kappa shape index (κ2) is 3.50. The lowest BCUT2D eigenvalue weighted by Gasteiger charge is -2.48. The van der Waals surface area contributed by atoms with Crippen LogP contribution in [-0.2, 0) is 4.79 Å². The molecule has 0 bridgehead atoms. The zero-order chi connectivity index (χ0) is 11.9. The van der Waals surface area contributed by atoms with Crippen molar-refractivity contribution < 1.29 is 9.90 Å². The number of hydrogen-bond donors (Lipinski definition) is 1. The molecule has 0 unspecified atom stereocenters. The summed E-state index contributed by atoms with van der Waals surface area (Å²) >= 11 is 0. The Hall–Kier alpha value is -0.530. The van der Waals surface area contributed by atoms with E-state index in [1.807, 2.05) is 0 Å². The van der Waals surface area contributed by atoms with Crippen LogP contribution >= 0.6 is 0 Å². The molecule has 0 spiro atoms. The summed E-state index contributed by atoms with van der Waals surface area (Å²) in [6.07, 6.45) is 3.69. The summed E-state index contributed by atoms with van der Waals surface area (Å²) in [5, 5.41) is 9.49. The van der Waals surface area contributed by atoms with Crippen molar-refractivity contribution in [2.24, 2.45) is 16.2 Å². The van der Waals surface area contributed by atoms with Crippen LogP contribution in [-0.4, -0.2) is 11.1 Å². The van der Waals surface area contributed by atoms with Gasteiger partial charge in [0.2, 0.25) is 0 Å². The molecular weight excluding hydrogens is 188 g/mol. The largest absolute Gasteiger partial charge is 0.481 e. The summed E-state index contributed by atoms with van der Waals surface area (Å²) in [5.74, 6) is -0.606. The Morgan fingerprint density at radius 3 is 1.73 bits per heavy atom. The molecule has 1 aliphatic carbocycles. The number of rotatable bonds is 1. The molecule has 88 valence electrons. The Balaban J connectivity index is 2.94. The van der Waals surface area contributed by atoms with Crippen LogP contribution in [0.5, 0.6) is 0 Å². The molecule has 15 heavy (non-hydrogen) atoms. The van der Waals surface area contributed by atoms with Gasteiger partial charge in [0.1, 0.15) is 0 Å². The van der Waals surface area contributed by atoms with Crippen molar-refractivity contribution in [3.8, 4) is 0 Å². The van der Waals surface area contributed by atoms with Crippen LogP contribution in [0.1, 0.15) is 60.3 Å². The van der Waals surface area contributed by atoms with Gasteiger partial charge in [0, 0.05) is 0 Å². The molecule has 0 saturated heterocycles. The van der Waals surface area contributed by atoms with Crippen molar-refractivity contribution in [3.05, 3.63) is 0 Å². The van der Waals surface area contributed by atoms with Gasteiger partial charge in [-0.1, -0.05) is 34.6 Å². The molecule has 1 fully saturated rings. The van der Waals surface area contributed by atoms with Crippen molar-refractivity contribution in [2.75, 3.05) is 0 Å². The van der Waals surface area contributed by atoms with Crippen LogP contribution in [0.4, 0.5) is 0 Å². The summed E-state index contributed by atoms with van der Waals surface area (Å²) in [7, 11) is 0. The minimum Gasteiger partial charge on any atom is -0.481 e. The molecule has 0 atom stereocenters. The molecule has 2 heteroatoms. The van der Waals surface area contributed by atoms with Gasteiger partial charge in [-0.25, -0.2) is 0 Å². The summed E-state index contributed by atoms with van der Waals surface area (Å²) in [6, 6.07) is 0. The maximum atomic E-state index is 11.5. The summed E-state index contributed by atoms with van der Waals surface area (Å²) < 4.78 is 0. The van der Waals surface area contributed by atoms with Gasteiger partial charge in [-0.3, -0.25) is 4.79 Å². The van der Waals surface area contributed by atoms with E-state index in [-0.39, 0.29) is 5.41 Å². The molecule has 0 aromatic heterocycles. The van der Waals surface area contributed by atoms with Gasteiger partial charge >= 0.3 is 5.97 Å². The highest BCUT2D eigenvalue weighted by Gasteiger charge is 2.51. The lowest BCUT2D eigenvalue weighted by molar-refractivity contribution is -0.161. The van der Waals surface area contributed by atoms with E-state index >= 15 is 0 Å². The number of carboxylic acid groups (broad SMARTS) is 1. The fraction of sp³-hybridized carbons (Fsp3) is 0.923. The lowest BCUT2D eigenvalue weighted by Crippen LogP contribution is -2.46. The molecule has 0 aromatic rings. The summed E-state index contributed by atoms with van der Waals surface area (Å²) in [5.41, 5.74) is -0.331. The molecule has 1 rings (SSSR count). The van der Waals surface area contributed by atoms with Crippen molar-refractivity contribution >= 4 is 5.97 Å². The van der Waals surface area contributed by atoms with E-state index in [0.29, 0.717) is 5.41 Å². The van der Waals surface area contributed by atoms with Crippen molar-refractivity contribution in [2.45, 2.75) is 60.3 Å². The Morgan fingerprint density at radius 2 is 1.47 bits per heavy atom. The molecule has 1 saturated carbocycles. The summed E-state index contributed by atoms with van der Waals surface area (Å²) in [6.45, 7) is 10.6. The van der Waals surface area contributed by atoms with Crippen molar-refractivity contribution in [3.63, 3.8) is 0 Å². The zero-order valence-corrected chi connectivity index (χ0v) is 10.7. The number of aliphatic carboxylic acids is 1.